The van der Waals surface area contributed by atoms with Gasteiger partial charge in [-0.25, -0.2) is 0 Å². The summed E-state index contributed by atoms with van der Waals surface area (Å²) in [4.78, 5) is 21.3. The summed E-state index contributed by atoms with van der Waals surface area (Å²) in [7, 11) is 0. The lowest BCUT2D eigenvalue weighted by atomic mass is 10.2. The Hall–Kier alpha value is -1.10. The largest absolute Gasteiger partial charge is 0.463 e. The first kappa shape index (κ1) is 13.9. The second kappa shape index (κ2) is 7.23. The van der Waals surface area contributed by atoms with Gasteiger partial charge in [-0.05, 0) is 13.8 Å². The highest BCUT2D eigenvalue weighted by molar-refractivity contribution is 5.66. The first-order valence-electron chi connectivity index (χ1n) is 4.89. The third-order valence-electron chi connectivity index (χ3n) is 1.71. The minimum atomic E-state index is -0.429. The topological polar surface area (TPSA) is 61.8 Å². The molecule has 0 N–H and O–H groups in total. The zero-order valence-corrected chi connectivity index (χ0v) is 9.61. The van der Waals surface area contributed by atoms with E-state index in [-0.39, 0.29) is 18.5 Å². The molecule has 0 heterocycles. The van der Waals surface area contributed by atoms with Crippen molar-refractivity contribution in [2.75, 3.05) is 13.2 Å². The molecule has 0 aliphatic heterocycles. The van der Waals surface area contributed by atoms with Crippen molar-refractivity contribution in [2.45, 2.75) is 39.9 Å². The van der Waals surface area contributed by atoms with Crippen molar-refractivity contribution in [2.24, 2.45) is 0 Å². The van der Waals surface area contributed by atoms with E-state index in [1.807, 2.05) is 6.92 Å². The fraction of sp³-hybridized carbons (Fsp3) is 0.800. The molecule has 2 atom stereocenters. The molecular weight excluding hydrogens is 200 g/mol. The van der Waals surface area contributed by atoms with Gasteiger partial charge in [0.2, 0.25) is 0 Å². The van der Waals surface area contributed by atoms with Gasteiger partial charge >= 0.3 is 11.9 Å². The van der Waals surface area contributed by atoms with E-state index in [9.17, 15) is 9.59 Å². The highest BCUT2D eigenvalue weighted by atomic mass is 16.6. The molecule has 0 aromatic heterocycles. The summed E-state index contributed by atoms with van der Waals surface area (Å²) in [6.07, 6.45) is -0.843. The number of ether oxygens (including phenoxy) is 3. The van der Waals surface area contributed by atoms with Crippen LogP contribution in [-0.4, -0.2) is 37.4 Å². The molecule has 0 aliphatic rings. The Balaban J connectivity index is 4.10. The Morgan fingerprint density at radius 1 is 1.20 bits per heavy atom. The number of hydrogen-bond acceptors (Lipinski definition) is 5. The zero-order valence-electron chi connectivity index (χ0n) is 9.61. The van der Waals surface area contributed by atoms with Gasteiger partial charge in [-0.15, -0.1) is 0 Å². The molecular formula is C10H18O5. The molecule has 0 aromatic rings. The van der Waals surface area contributed by atoms with E-state index < -0.39 is 12.2 Å². The van der Waals surface area contributed by atoms with Gasteiger partial charge in [0.25, 0.3) is 0 Å². The minimum Gasteiger partial charge on any atom is -0.463 e. The van der Waals surface area contributed by atoms with Crippen LogP contribution in [0.4, 0.5) is 0 Å². The van der Waals surface area contributed by atoms with Crippen LogP contribution in [0.1, 0.15) is 27.7 Å². The van der Waals surface area contributed by atoms with Crippen molar-refractivity contribution in [1.29, 1.82) is 0 Å². The molecule has 15 heavy (non-hydrogen) atoms. The number of hydrogen-bond donors (Lipinski definition) is 0. The van der Waals surface area contributed by atoms with Gasteiger partial charge in [-0.1, -0.05) is 0 Å². The van der Waals surface area contributed by atoms with E-state index in [4.69, 9.17) is 14.2 Å². The summed E-state index contributed by atoms with van der Waals surface area (Å²) in [5.41, 5.74) is 0. The molecule has 0 bridgehead atoms. The second-order valence-electron chi connectivity index (χ2n) is 3.11. The minimum absolute atomic E-state index is 0.0949. The fourth-order valence-electron chi connectivity index (χ4n) is 1.07. The van der Waals surface area contributed by atoms with Gasteiger partial charge in [-0.3, -0.25) is 9.59 Å². The van der Waals surface area contributed by atoms with Crippen molar-refractivity contribution in [3.05, 3.63) is 0 Å². The van der Waals surface area contributed by atoms with Crippen molar-refractivity contribution in [3.63, 3.8) is 0 Å². The first-order chi connectivity index (χ1) is 6.97. The molecule has 0 spiro atoms. The van der Waals surface area contributed by atoms with Gasteiger partial charge in [0.15, 0.2) is 0 Å². The number of carbonyl (C=O) groups is 2. The summed E-state index contributed by atoms with van der Waals surface area (Å²) in [6, 6.07) is 0. The third kappa shape index (κ3) is 6.90. The molecule has 88 valence electrons. The van der Waals surface area contributed by atoms with Crippen molar-refractivity contribution in [3.8, 4) is 0 Å². The predicted octanol–water partition coefficient (Wildman–Crippen LogP) is 0.906. The fourth-order valence-corrected chi connectivity index (χ4v) is 1.07. The Bertz CT molecular complexity index is 214. The molecule has 5 heteroatoms. The van der Waals surface area contributed by atoms with Crippen LogP contribution < -0.4 is 0 Å². The smallest absolute Gasteiger partial charge is 0.302 e. The van der Waals surface area contributed by atoms with Gasteiger partial charge in [0.05, 0.1) is 0 Å². The molecule has 0 rings (SSSR count). The summed E-state index contributed by atoms with van der Waals surface area (Å²) < 4.78 is 15.0. The SMILES string of the molecule is CCO[C@H](COC(C)=O)C(C)OC(C)=O. The molecule has 0 saturated carbocycles. The molecule has 0 amide bonds. The third-order valence-corrected chi connectivity index (χ3v) is 1.71. The van der Waals surface area contributed by atoms with Crippen LogP contribution in [-0.2, 0) is 23.8 Å². The number of carbonyl (C=O) groups excluding carboxylic acids is 2. The molecule has 0 radical (unpaired) electrons. The van der Waals surface area contributed by atoms with Gasteiger partial charge in [-0.2, -0.15) is 0 Å². The van der Waals surface area contributed by atoms with Gasteiger partial charge in [0, 0.05) is 20.5 Å². The molecule has 1 unspecified atom stereocenters. The number of rotatable bonds is 6. The van der Waals surface area contributed by atoms with Crippen LogP contribution in [0, 0.1) is 0 Å². The lowest BCUT2D eigenvalue weighted by Gasteiger charge is -2.22. The van der Waals surface area contributed by atoms with Crippen LogP contribution >= 0.6 is 0 Å². The monoisotopic (exact) mass is 218 g/mol. The highest BCUT2D eigenvalue weighted by Crippen LogP contribution is 2.05. The zero-order chi connectivity index (χ0) is 11.8. The van der Waals surface area contributed by atoms with Gasteiger partial charge in [0.1, 0.15) is 18.8 Å². The van der Waals surface area contributed by atoms with E-state index in [1.165, 1.54) is 13.8 Å². The van der Waals surface area contributed by atoms with Crippen molar-refractivity contribution >= 4 is 11.9 Å². The van der Waals surface area contributed by atoms with Crippen LogP contribution in [0.2, 0.25) is 0 Å². The standard InChI is InChI=1S/C10H18O5/c1-5-13-10(6-14-8(3)11)7(2)15-9(4)12/h7,10H,5-6H2,1-4H3/t7?,10-/m1/s1. The van der Waals surface area contributed by atoms with Crippen LogP contribution in [0.25, 0.3) is 0 Å². The molecule has 5 nitrogen and oxygen atoms in total. The summed E-state index contributed by atoms with van der Waals surface area (Å²) in [5.74, 6) is -0.759. The summed E-state index contributed by atoms with van der Waals surface area (Å²) >= 11 is 0. The van der Waals surface area contributed by atoms with Gasteiger partial charge < -0.3 is 14.2 Å². The Kier molecular flexibility index (Phi) is 6.70. The van der Waals surface area contributed by atoms with E-state index in [0.29, 0.717) is 6.61 Å². The molecule has 0 aromatic carbocycles. The Morgan fingerprint density at radius 3 is 2.20 bits per heavy atom. The molecule has 0 saturated heterocycles. The number of esters is 2. The van der Waals surface area contributed by atoms with Crippen LogP contribution in [0.3, 0.4) is 0 Å². The van der Waals surface area contributed by atoms with Crippen LogP contribution in [0.15, 0.2) is 0 Å². The lowest BCUT2D eigenvalue weighted by molar-refractivity contribution is -0.160. The first-order valence-corrected chi connectivity index (χ1v) is 4.89. The molecule has 0 fully saturated rings. The lowest BCUT2D eigenvalue weighted by Crippen LogP contribution is -2.35. The maximum atomic E-state index is 10.7. The Morgan fingerprint density at radius 2 is 1.80 bits per heavy atom. The average Bonchev–Trinajstić information content (AvgIpc) is 2.10. The maximum Gasteiger partial charge on any atom is 0.302 e. The maximum absolute atomic E-state index is 10.7. The van der Waals surface area contributed by atoms with E-state index in [2.05, 4.69) is 0 Å². The molecule has 0 aliphatic carbocycles. The van der Waals surface area contributed by atoms with E-state index in [1.54, 1.807) is 6.92 Å². The van der Waals surface area contributed by atoms with Crippen molar-refractivity contribution in [1.82, 2.24) is 0 Å². The van der Waals surface area contributed by atoms with E-state index in [0.717, 1.165) is 0 Å². The predicted molar refractivity (Wildman–Crippen MR) is 53.3 cm³/mol. The quantitative estimate of drug-likeness (QED) is 0.620. The average molecular weight is 218 g/mol. The van der Waals surface area contributed by atoms with Crippen LogP contribution in [0.5, 0.6) is 0 Å². The van der Waals surface area contributed by atoms with E-state index >= 15 is 0 Å². The summed E-state index contributed by atoms with van der Waals surface area (Å²) in [5, 5.41) is 0. The van der Waals surface area contributed by atoms with Crippen molar-refractivity contribution < 1.29 is 23.8 Å². The second-order valence-corrected chi connectivity index (χ2v) is 3.11. The highest BCUT2D eigenvalue weighted by Gasteiger charge is 2.21. The normalized spacial score (nSPS) is 14.1. The Labute approximate surface area is 89.7 Å². The summed E-state index contributed by atoms with van der Waals surface area (Å²) in [6.45, 7) is 6.73.